The minimum absolute atomic E-state index is 0.0477. The number of Topliss-reactive ketones (excluding diaryl/α,β-unsaturated/α-hetero) is 2. The molecule has 198 valence electrons. The van der Waals surface area contributed by atoms with E-state index in [1.165, 1.54) is 18.9 Å². The summed E-state index contributed by atoms with van der Waals surface area (Å²) in [4.78, 5) is 40.7. The number of aliphatic hydroxyl groups is 3. The molecule has 0 radical (unpaired) electrons. The number of allylic oxidation sites excluding steroid dienone is 1. The normalized spacial score (nSPS) is 30.0. The number of hydrogen-bond acceptors (Lipinski definition) is 9. The largest absolute Gasteiger partial charge is 0.510 e. The lowest BCUT2D eigenvalue weighted by atomic mass is 9.58. The van der Waals surface area contributed by atoms with E-state index >= 15 is 0 Å². The van der Waals surface area contributed by atoms with Crippen molar-refractivity contribution in [3.05, 3.63) is 51.5 Å². The van der Waals surface area contributed by atoms with Gasteiger partial charge in [-0.3, -0.25) is 19.3 Å². The lowest BCUT2D eigenvalue weighted by Crippen LogP contribution is -2.63. The number of benzene rings is 1. The second kappa shape index (κ2) is 8.97. The third-order valence-electron chi connectivity index (χ3n) is 8.64. The molecule has 1 amide bonds. The average Bonchev–Trinajstić information content (AvgIpc) is 3.34. The Balaban J connectivity index is 1.61. The molecule has 0 saturated heterocycles. The molecule has 5 rings (SSSR count). The first-order valence-electron chi connectivity index (χ1n) is 12.7. The fourth-order valence-corrected chi connectivity index (χ4v) is 6.86. The maximum absolute atomic E-state index is 13.7. The van der Waals surface area contributed by atoms with Crippen molar-refractivity contribution in [3.8, 4) is 5.75 Å². The fraction of sp³-hybridized carbons (Fsp3) is 0.519. The first-order chi connectivity index (χ1) is 17.5. The molecule has 1 aromatic carbocycles. The number of fused-ring (bicyclic) bond motifs is 3. The van der Waals surface area contributed by atoms with Crippen LogP contribution in [0, 0.1) is 11.8 Å². The Morgan fingerprint density at radius 3 is 2.46 bits per heavy atom. The molecule has 10 nitrogen and oxygen atoms in total. The van der Waals surface area contributed by atoms with Crippen molar-refractivity contribution in [2.45, 2.75) is 62.8 Å². The van der Waals surface area contributed by atoms with E-state index in [9.17, 15) is 34.8 Å². The van der Waals surface area contributed by atoms with Crippen LogP contribution in [0.2, 0.25) is 0 Å². The molecule has 1 fully saturated rings. The molecule has 10 heteroatoms. The molecule has 1 unspecified atom stereocenters. The molecule has 0 aliphatic heterocycles. The summed E-state index contributed by atoms with van der Waals surface area (Å²) in [6.07, 6.45) is 4.91. The van der Waals surface area contributed by atoms with E-state index in [2.05, 4.69) is 5.32 Å². The fourth-order valence-electron chi connectivity index (χ4n) is 6.86. The van der Waals surface area contributed by atoms with Crippen LogP contribution in [0.1, 0.15) is 53.6 Å². The standard InChI is InChI=1S/C27H33N3O7/c1-30(2)21-16-10-13-9-15-12(11-29-14-5-3-4-6-14)7-8-17(31)19(15)22(32)18(13)24(34)27(16,37)25(35)20(23(21)33)26(28)36/h7-8,13-14,16,21,29,31,33-34,37H,3-6,9-11H2,1-2H3,(H2,28,36)/t13-,16+,21?,27+/m1/s1. The lowest BCUT2D eigenvalue weighted by molar-refractivity contribution is -0.148. The van der Waals surface area contributed by atoms with Crippen LogP contribution in [0.3, 0.4) is 0 Å². The van der Waals surface area contributed by atoms with E-state index < -0.39 is 58.0 Å². The number of primary amides is 1. The van der Waals surface area contributed by atoms with Gasteiger partial charge in [0.1, 0.15) is 22.8 Å². The van der Waals surface area contributed by atoms with E-state index in [0.29, 0.717) is 24.6 Å². The first-order valence-corrected chi connectivity index (χ1v) is 12.7. The quantitative estimate of drug-likeness (QED) is 0.317. The van der Waals surface area contributed by atoms with Gasteiger partial charge >= 0.3 is 0 Å². The Hall–Kier alpha value is -3.21. The van der Waals surface area contributed by atoms with E-state index in [1.807, 2.05) is 0 Å². The van der Waals surface area contributed by atoms with Crippen LogP contribution < -0.4 is 11.1 Å². The van der Waals surface area contributed by atoms with Gasteiger partial charge in [-0.05, 0) is 62.9 Å². The van der Waals surface area contributed by atoms with Crippen molar-refractivity contribution >= 4 is 17.5 Å². The number of phenols is 1. The van der Waals surface area contributed by atoms with Gasteiger partial charge in [0.15, 0.2) is 11.4 Å². The number of hydrogen-bond donors (Lipinski definition) is 6. The van der Waals surface area contributed by atoms with Gasteiger partial charge in [-0.1, -0.05) is 18.9 Å². The van der Waals surface area contributed by atoms with Crippen LogP contribution in [-0.2, 0) is 22.6 Å². The molecule has 0 bridgehead atoms. The molecule has 1 saturated carbocycles. The van der Waals surface area contributed by atoms with Crippen molar-refractivity contribution in [3.63, 3.8) is 0 Å². The van der Waals surface area contributed by atoms with Gasteiger partial charge in [0, 0.05) is 24.1 Å². The zero-order valence-corrected chi connectivity index (χ0v) is 21.0. The molecule has 4 aliphatic rings. The molecule has 0 aromatic heterocycles. The van der Waals surface area contributed by atoms with E-state index in [0.717, 1.165) is 18.4 Å². The van der Waals surface area contributed by atoms with Gasteiger partial charge < -0.3 is 31.5 Å². The Morgan fingerprint density at radius 1 is 1.16 bits per heavy atom. The Morgan fingerprint density at radius 2 is 1.84 bits per heavy atom. The molecule has 4 atom stereocenters. The molecule has 7 N–H and O–H groups in total. The molecule has 37 heavy (non-hydrogen) atoms. The monoisotopic (exact) mass is 511 g/mol. The number of nitrogens with zero attached hydrogens (tertiary/aromatic N) is 1. The third kappa shape index (κ3) is 3.69. The molecular formula is C27H33N3O7. The zero-order chi connectivity index (χ0) is 26.8. The maximum Gasteiger partial charge on any atom is 0.255 e. The van der Waals surface area contributed by atoms with Gasteiger partial charge in [-0.25, -0.2) is 0 Å². The topological polar surface area (TPSA) is 173 Å². The number of carbonyl (C=O) groups excluding carboxylic acids is 3. The van der Waals surface area contributed by atoms with Gasteiger partial charge in [-0.15, -0.1) is 0 Å². The highest BCUT2D eigenvalue weighted by Crippen LogP contribution is 2.52. The third-order valence-corrected chi connectivity index (χ3v) is 8.64. The summed E-state index contributed by atoms with van der Waals surface area (Å²) in [5.74, 6) is -6.40. The van der Waals surface area contributed by atoms with Crippen LogP contribution in [-0.4, -0.2) is 74.6 Å². The summed E-state index contributed by atoms with van der Waals surface area (Å²) in [5.41, 5.74) is 3.37. The van der Waals surface area contributed by atoms with Crippen LogP contribution in [0.5, 0.6) is 5.75 Å². The summed E-state index contributed by atoms with van der Waals surface area (Å²) in [5, 5.41) is 48.0. The van der Waals surface area contributed by atoms with Crippen molar-refractivity contribution in [2.75, 3.05) is 14.1 Å². The first kappa shape index (κ1) is 25.4. The van der Waals surface area contributed by atoms with Crippen LogP contribution in [0.15, 0.2) is 34.8 Å². The predicted molar refractivity (Wildman–Crippen MR) is 133 cm³/mol. The number of ketones is 2. The number of amides is 1. The highest BCUT2D eigenvalue weighted by atomic mass is 16.3. The van der Waals surface area contributed by atoms with Gasteiger partial charge in [0.2, 0.25) is 5.78 Å². The number of rotatable bonds is 5. The van der Waals surface area contributed by atoms with Gasteiger partial charge in [-0.2, -0.15) is 0 Å². The number of carbonyl (C=O) groups is 3. The molecule has 0 heterocycles. The SMILES string of the molecule is CN(C)C1C(O)=C(C(N)=O)C(=O)[C@@]2(O)C(O)=C3C(=O)c4c(O)ccc(CNC5CCCC5)c4C[C@@H]3C[C@@H]12. The van der Waals surface area contributed by atoms with Crippen molar-refractivity contribution in [1.29, 1.82) is 0 Å². The van der Waals surface area contributed by atoms with Crippen molar-refractivity contribution in [2.24, 2.45) is 17.6 Å². The number of nitrogens with one attached hydrogen (secondary N) is 1. The highest BCUT2D eigenvalue weighted by Gasteiger charge is 2.63. The van der Waals surface area contributed by atoms with Gasteiger partial charge in [0.25, 0.3) is 5.91 Å². The average molecular weight is 512 g/mol. The van der Waals surface area contributed by atoms with Crippen LogP contribution in [0.4, 0.5) is 0 Å². The molecule has 1 aromatic rings. The smallest absolute Gasteiger partial charge is 0.255 e. The summed E-state index contributed by atoms with van der Waals surface area (Å²) in [6.45, 7) is 0.524. The van der Waals surface area contributed by atoms with Gasteiger partial charge in [0.05, 0.1) is 11.6 Å². The van der Waals surface area contributed by atoms with Crippen molar-refractivity contribution < 1.29 is 34.8 Å². The van der Waals surface area contributed by atoms with Crippen LogP contribution >= 0.6 is 0 Å². The lowest BCUT2D eigenvalue weighted by Gasteiger charge is -2.50. The molecule has 4 aliphatic carbocycles. The van der Waals surface area contributed by atoms with Crippen LogP contribution in [0.25, 0.3) is 0 Å². The minimum atomic E-state index is -2.62. The molecule has 0 spiro atoms. The van der Waals surface area contributed by atoms with E-state index in [-0.39, 0.29) is 23.3 Å². The summed E-state index contributed by atoms with van der Waals surface area (Å²) < 4.78 is 0. The Kier molecular flexibility index (Phi) is 6.17. The highest BCUT2D eigenvalue weighted by molar-refractivity contribution is 6.24. The van der Waals surface area contributed by atoms with E-state index in [1.54, 1.807) is 25.1 Å². The Labute approximate surface area is 214 Å². The number of aromatic hydroxyl groups is 1. The number of aliphatic hydroxyl groups excluding tert-OH is 2. The minimum Gasteiger partial charge on any atom is -0.510 e. The molecular weight excluding hydrogens is 478 g/mol. The summed E-state index contributed by atoms with van der Waals surface area (Å²) in [7, 11) is 3.22. The number of phenolic OH excluding ortho intramolecular Hbond substituents is 1. The predicted octanol–water partition coefficient (Wildman–Crippen LogP) is 1.15. The van der Waals surface area contributed by atoms with E-state index in [4.69, 9.17) is 5.73 Å². The Bertz CT molecular complexity index is 1260. The summed E-state index contributed by atoms with van der Waals surface area (Å²) >= 11 is 0. The van der Waals surface area contributed by atoms with Crippen molar-refractivity contribution in [1.82, 2.24) is 10.2 Å². The zero-order valence-electron chi connectivity index (χ0n) is 21.0. The second-order valence-electron chi connectivity index (χ2n) is 10.9. The number of likely N-dealkylation sites (N-methyl/N-ethyl adjacent to an activating group) is 1. The number of nitrogens with two attached hydrogens (primary N) is 1. The maximum atomic E-state index is 13.7. The second-order valence-corrected chi connectivity index (χ2v) is 10.9. The summed E-state index contributed by atoms with van der Waals surface area (Å²) in [6, 6.07) is 2.63.